The molecule has 3 rings (SSSR count). The van der Waals surface area contributed by atoms with Gasteiger partial charge in [-0.3, -0.25) is 0 Å². The van der Waals surface area contributed by atoms with Gasteiger partial charge in [0.05, 0.1) is 0 Å². The van der Waals surface area contributed by atoms with Crippen LogP contribution in [0.25, 0.3) is 11.5 Å². The van der Waals surface area contributed by atoms with E-state index < -0.39 is 0 Å². The number of halogens is 1. The molecule has 0 aliphatic rings. The Morgan fingerprint density at radius 3 is 2.70 bits per heavy atom. The lowest BCUT2D eigenvalue weighted by Crippen LogP contribution is -1.95. The molecule has 5 heteroatoms. The molecule has 0 bridgehead atoms. The molecular formula is C15H11FN2O2. The van der Waals surface area contributed by atoms with Gasteiger partial charge in [-0.15, -0.1) is 10.2 Å². The molecule has 0 N–H and O–H groups in total. The summed E-state index contributed by atoms with van der Waals surface area (Å²) in [5.74, 6) is 0.870. The van der Waals surface area contributed by atoms with Crippen LogP contribution in [0, 0.1) is 5.82 Å². The number of nitrogens with zero attached hydrogens (tertiary/aromatic N) is 2. The fraction of sp³-hybridized carbons (Fsp3) is 0.0667. The van der Waals surface area contributed by atoms with Gasteiger partial charge in [0.2, 0.25) is 12.3 Å². The molecule has 1 aromatic heterocycles. The van der Waals surface area contributed by atoms with Gasteiger partial charge in [0, 0.05) is 5.56 Å². The van der Waals surface area contributed by atoms with Crippen LogP contribution in [0.5, 0.6) is 5.75 Å². The van der Waals surface area contributed by atoms with E-state index in [4.69, 9.17) is 9.15 Å². The number of rotatable bonds is 4. The quantitative estimate of drug-likeness (QED) is 0.728. The van der Waals surface area contributed by atoms with E-state index in [9.17, 15) is 4.39 Å². The van der Waals surface area contributed by atoms with Crippen molar-refractivity contribution in [2.45, 2.75) is 6.61 Å². The summed E-state index contributed by atoms with van der Waals surface area (Å²) in [5, 5.41) is 7.48. The summed E-state index contributed by atoms with van der Waals surface area (Å²) >= 11 is 0. The molecule has 4 nitrogen and oxygen atoms in total. The molecule has 0 fully saturated rings. The molecular weight excluding hydrogens is 259 g/mol. The number of hydrogen-bond acceptors (Lipinski definition) is 4. The maximum Gasteiger partial charge on any atom is 0.247 e. The average Bonchev–Trinajstić information content (AvgIpc) is 3.01. The van der Waals surface area contributed by atoms with Gasteiger partial charge in [0.1, 0.15) is 18.2 Å². The Hall–Kier alpha value is -2.69. The highest BCUT2D eigenvalue weighted by Gasteiger charge is 2.05. The zero-order valence-corrected chi connectivity index (χ0v) is 10.5. The first-order chi connectivity index (χ1) is 9.81. The Morgan fingerprint density at radius 1 is 1.10 bits per heavy atom. The second-order valence-electron chi connectivity index (χ2n) is 4.19. The van der Waals surface area contributed by atoms with Crippen LogP contribution in [0.4, 0.5) is 4.39 Å². The van der Waals surface area contributed by atoms with Gasteiger partial charge in [-0.25, -0.2) is 4.39 Å². The summed E-state index contributed by atoms with van der Waals surface area (Å²) in [7, 11) is 0. The van der Waals surface area contributed by atoms with Crippen molar-refractivity contribution in [2.24, 2.45) is 0 Å². The summed E-state index contributed by atoms with van der Waals surface area (Å²) in [6.45, 7) is 0.369. The van der Waals surface area contributed by atoms with Crippen molar-refractivity contribution in [1.82, 2.24) is 10.2 Å². The Morgan fingerprint density at radius 2 is 1.95 bits per heavy atom. The first kappa shape index (κ1) is 12.3. The van der Waals surface area contributed by atoms with Crippen LogP contribution in [0.15, 0.2) is 59.3 Å². The molecule has 0 spiro atoms. The molecule has 0 aliphatic carbocycles. The topological polar surface area (TPSA) is 48.2 Å². The zero-order chi connectivity index (χ0) is 13.8. The molecule has 2 aromatic carbocycles. The molecule has 0 aliphatic heterocycles. The second-order valence-corrected chi connectivity index (χ2v) is 4.19. The molecule has 0 atom stereocenters. The van der Waals surface area contributed by atoms with E-state index in [2.05, 4.69) is 10.2 Å². The first-order valence-electron chi connectivity index (χ1n) is 6.05. The molecule has 3 aromatic rings. The summed E-state index contributed by atoms with van der Waals surface area (Å²) in [6, 6.07) is 13.6. The lowest BCUT2D eigenvalue weighted by atomic mass is 10.2. The normalized spacial score (nSPS) is 10.4. The predicted molar refractivity (Wildman–Crippen MR) is 70.5 cm³/mol. The van der Waals surface area contributed by atoms with Gasteiger partial charge < -0.3 is 9.15 Å². The van der Waals surface area contributed by atoms with Gasteiger partial charge in [-0.1, -0.05) is 18.2 Å². The minimum Gasteiger partial charge on any atom is -0.489 e. The molecule has 20 heavy (non-hydrogen) atoms. The Labute approximate surface area is 114 Å². The molecule has 0 saturated heterocycles. The second kappa shape index (κ2) is 5.52. The fourth-order valence-corrected chi connectivity index (χ4v) is 1.77. The smallest absolute Gasteiger partial charge is 0.247 e. The van der Waals surface area contributed by atoms with Gasteiger partial charge in [-0.2, -0.15) is 0 Å². The molecule has 0 unspecified atom stereocenters. The van der Waals surface area contributed by atoms with Gasteiger partial charge >= 0.3 is 0 Å². The highest BCUT2D eigenvalue weighted by atomic mass is 19.1. The molecule has 0 radical (unpaired) electrons. The van der Waals surface area contributed by atoms with E-state index in [0.717, 1.165) is 11.1 Å². The van der Waals surface area contributed by atoms with Crippen molar-refractivity contribution in [1.29, 1.82) is 0 Å². The van der Waals surface area contributed by atoms with Crippen molar-refractivity contribution in [2.75, 3.05) is 0 Å². The van der Waals surface area contributed by atoms with E-state index in [1.807, 2.05) is 24.3 Å². The van der Waals surface area contributed by atoms with Crippen LogP contribution in [-0.4, -0.2) is 10.2 Å². The Balaban J connectivity index is 1.72. The van der Waals surface area contributed by atoms with Crippen molar-refractivity contribution >= 4 is 0 Å². The summed E-state index contributed by atoms with van der Waals surface area (Å²) in [4.78, 5) is 0. The van der Waals surface area contributed by atoms with E-state index in [-0.39, 0.29) is 5.82 Å². The Bertz CT molecular complexity index is 681. The van der Waals surface area contributed by atoms with Gasteiger partial charge in [0.25, 0.3) is 0 Å². The number of ether oxygens (including phenoxy) is 1. The van der Waals surface area contributed by atoms with Crippen molar-refractivity contribution < 1.29 is 13.5 Å². The van der Waals surface area contributed by atoms with Crippen molar-refractivity contribution in [3.8, 4) is 17.2 Å². The van der Waals surface area contributed by atoms with Crippen molar-refractivity contribution in [3.05, 3.63) is 66.3 Å². The van der Waals surface area contributed by atoms with Gasteiger partial charge in [-0.05, 0) is 35.9 Å². The lowest BCUT2D eigenvalue weighted by molar-refractivity contribution is 0.306. The minimum absolute atomic E-state index is 0.257. The average molecular weight is 270 g/mol. The SMILES string of the molecule is Fc1ccc(COc2cccc(-c3nnco3)c2)cc1. The largest absolute Gasteiger partial charge is 0.489 e. The van der Waals surface area contributed by atoms with Gasteiger partial charge in [0.15, 0.2) is 0 Å². The lowest BCUT2D eigenvalue weighted by Gasteiger charge is -2.07. The maximum atomic E-state index is 12.8. The minimum atomic E-state index is -0.257. The third-order valence-electron chi connectivity index (χ3n) is 2.76. The number of benzene rings is 2. The summed E-state index contributed by atoms with van der Waals surface area (Å²) in [6.07, 6.45) is 1.28. The Kier molecular flexibility index (Phi) is 3.41. The first-order valence-corrected chi connectivity index (χ1v) is 6.05. The van der Waals surface area contributed by atoms with E-state index >= 15 is 0 Å². The van der Waals surface area contributed by atoms with Crippen LogP contribution in [0.1, 0.15) is 5.56 Å². The number of hydrogen-bond donors (Lipinski definition) is 0. The van der Waals surface area contributed by atoms with E-state index in [0.29, 0.717) is 18.2 Å². The monoisotopic (exact) mass is 270 g/mol. The third-order valence-corrected chi connectivity index (χ3v) is 2.76. The summed E-state index contributed by atoms with van der Waals surface area (Å²) < 4.78 is 23.6. The highest BCUT2D eigenvalue weighted by molar-refractivity contribution is 5.55. The highest BCUT2D eigenvalue weighted by Crippen LogP contribution is 2.22. The number of aromatic nitrogens is 2. The zero-order valence-electron chi connectivity index (χ0n) is 10.5. The molecule has 0 saturated carbocycles. The summed E-state index contributed by atoms with van der Waals surface area (Å²) in [5.41, 5.74) is 1.69. The molecule has 1 heterocycles. The van der Waals surface area contributed by atoms with Crippen LogP contribution in [0.2, 0.25) is 0 Å². The molecule has 100 valence electrons. The van der Waals surface area contributed by atoms with Crippen LogP contribution in [-0.2, 0) is 6.61 Å². The maximum absolute atomic E-state index is 12.8. The third kappa shape index (κ3) is 2.83. The van der Waals surface area contributed by atoms with Crippen LogP contribution >= 0.6 is 0 Å². The van der Waals surface area contributed by atoms with E-state index in [1.54, 1.807) is 12.1 Å². The van der Waals surface area contributed by atoms with Crippen LogP contribution in [0.3, 0.4) is 0 Å². The fourth-order valence-electron chi connectivity index (χ4n) is 1.77. The van der Waals surface area contributed by atoms with E-state index in [1.165, 1.54) is 18.5 Å². The predicted octanol–water partition coefficient (Wildman–Crippen LogP) is 3.45. The van der Waals surface area contributed by atoms with Crippen LogP contribution < -0.4 is 4.74 Å². The standard InChI is InChI=1S/C15H11FN2O2/c16-13-6-4-11(5-7-13)9-19-14-3-1-2-12(8-14)15-18-17-10-20-15/h1-8,10H,9H2. The molecule has 0 amide bonds. The van der Waals surface area contributed by atoms with Crippen molar-refractivity contribution in [3.63, 3.8) is 0 Å².